The van der Waals surface area contributed by atoms with Crippen LogP contribution in [0.2, 0.25) is 0 Å². The topological polar surface area (TPSA) is 111 Å². The molecule has 0 aliphatic carbocycles. The quantitative estimate of drug-likeness (QED) is 0.705. The Kier molecular flexibility index (Phi) is 4.86. The maximum absolute atomic E-state index is 10.7. The van der Waals surface area contributed by atoms with E-state index in [4.69, 9.17) is 5.26 Å². The number of nitriles is 1. The number of tetrazole rings is 1. The van der Waals surface area contributed by atoms with Crippen molar-refractivity contribution in [1.29, 1.82) is 5.26 Å². The number of para-hydroxylation sites is 1. The van der Waals surface area contributed by atoms with Gasteiger partial charge in [-0.1, -0.05) is 32.0 Å². The first kappa shape index (κ1) is 15.7. The lowest BCUT2D eigenvalue weighted by atomic mass is 9.87. The molecular weight excluding hydrogens is 280 g/mol. The van der Waals surface area contributed by atoms with Gasteiger partial charge in [-0.25, -0.2) is 0 Å². The predicted molar refractivity (Wildman–Crippen MR) is 82.3 cm³/mol. The summed E-state index contributed by atoms with van der Waals surface area (Å²) in [6.45, 7) is 3.88. The van der Waals surface area contributed by atoms with Gasteiger partial charge >= 0.3 is 0 Å². The Hall–Kier alpha value is -2.72. The van der Waals surface area contributed by atoms with Crippen molar-refractivity contribution >= 4 is 11.3 Å². The fraction of sp³-hybridized carbons (Fsp3) is 0.333. The van der Waals surface area contributed by atoms with Crippen LogP contribution in [-0.4, -0.2) is 25.7 Å². The van der Waals surface area contributed by atoms with E-state index in [1.165, 1.54) is 6.20 Å². The van der Waals surface area contributed by atoms with Gasteiger partial charge in [-0.3, -0.25) is 0 Å². The molecule has 0 unspecified atom stereocenters. The monoisotopic (exact) mass is 298 g/mol. The van der Waals surface area contributed by atoms with Crippen LogP contribution >= 0.6 is 0 Å². The molecule has 0 aliphatic heterocycles. The molecule has 7 heteroatoms. The Morgan fingerprint density at radius 1 is 1.41 bits per heavy atom. The number of rotatable bonds is 6. The van der Waals surface area contributed by atoms with Gasteiger partial charge in [0.1, 0.15) is 11.6 Å². The highest BCUT2D eigenvalue weighted by atomic mass is 16.3. The third kappa shape index (κ3) is 3.13. The van der Waals surface area contributed by atoms with Crippen molar-refractivity contribution < 1.29 is 5.11 Å². The van der Waals surface area contributed by atoms with Crippen LogP contribution in [0, 0.1) is 11.3 Å². The van der Waals surface area contributed by atoms with Crippen molar-refractivity contribution in [3.63, 3.8) is 0 Å². The summed E-state index contributed by atoms with van der Waals surface area (Å²) in [6, 6.07) is 9.49. The van der Waals surface area contributed by atoms with Crippen LogP contribution in [0.25, 0.3) is 5.57 Å². The summed E-state index contributed by atoms with van der Waals surface area (Å²) in [5.41, 5.74) is 0.878. The Morgan fingerprint density at radius 3 is 2.73 bits per heavy atom. The number of nitrogens with zero attached hydrogens (tertiary/aromatic N) is 4. The van der Waals surface area contributed by atoms with E-state index in [-0.39, 0.29) is 11.4 Å². The van der Waals surface area contributed by atoms with Crippen LogP contribution in [0.5, 0.6) is 0 Å². The van der Waals surface area contributed by atoms with Crippen LogP contribution in [0.1, 0.15) is 38.1 Å². The normalized spacial score (nSPS) is 12.0. The first-order valence-corrected chi connectivity index (χ1v) is 7.07. The number of aromatic amines is 1. The zero-order valence-corrected chi connectivity index (χ0v) is 12.5. The maximum atomic E-state index is 10.7. The molecule has 0 saturated carbocycles. The molecule has 22 heavy (non-hydrogen) atoms. The molecule has 0 fully saturated rings. The van der Waals surface area contributed by atoms with E-state index in [2.05, 4.69) is 25.9 Å². The molecule has 2 rings (SSSR count). The van der Waals surface area contributed by atoms with Gasteiger partial charge in [0.2, 0.25) is 5.82 Å². The Bertz CT molecular complexity index is 682. The van der Waals surface area contributed by atoms with Crippen LogP contribution < -0.4 is 5.32 Å². The zero-order chi connectivity index (χ0) is 16.0. The highest BCUT2D eigenvalue weighted by Crippen LogP contribution is 2.33. The molecule has 0 spiro atoms. The number of hydrogen-bond acceptors (Lipinski definition) is 6. The number of nitrogens with one attached hydrogen (secondary N) is 2. The molecule has 114 valence electrons. The molecule has 1 aromatic carbocycles. The predicted octanol–water partition coefficient (Wildman–Crippen LogP) is 2.18. The van der Waals surface area contributed by atoms with Crippen LogP contribution in [0.3, 0.4) is 0 Å². The van der Waals surface area contributed by atoms with Gasteiger partial charge in [-0.05, 0) is 24.1 Å². The molecule has 7 nitrogen and oxygen atoms in total. The summed E-state index contributed by atoms with van der Waals surface area (Å²) in [7, 11) is 0. The minimum Gasteiger partial charge on any atom is -0.385 e. The highest BCUT2D eigenvalue weighted by molar-refractivity contribution is 5.74. The molecule has 0 radical (unpaired) electrons. The van der Waals surface area contributed by atoms with Gasteiger partial charge in [0.05, 0.1) is 5.60 Å². The van der Waals surface area contributed by atoms with Crippen LogP contribution in [-0.2, 0) is 5.60 Å². The van der Waals surface area contributed by atoms with Crippen LogP contribution in [0.15, 0.2) is 30.5 Å². The van der Waals surface area contributed by atoms with Gasteiger partial charge in [-0.2, -0.15) is 10.5 Å². The van der Waals surface area contributed by atoms with E-state index < -0.39 is 5.60 Å². The molecule has 0 saturated heterocycles. The molecule has 3 N–H and O–H groups in total. The van der Waals surface area contributed by atoms with E-state index in [1.807, 2.05) is 44.2 Å². The van der Waals surface area contributed by atoms with E-state index in [0.29, 0.717) is 12.8 Å². The number of aromatic nitrogens is 4. The van der Waals surface area contributed by atoms with Crippen molar-refractivity contribution in [2.75, 3.05) is 5.32 Å². The van der Waals surface area contributed by atoms with Crippen molar-refractivity contribution in [1.82, 2.24) is 20.6 Å². The summed E-state index contributed by atoms with van der Waals surface area (Å²) in [6.07, 6.45) is 2.71. The summed E-state index contributed by atoms with van der Waals surface area (Å²) in [4.78, 5) is 0. The fourth-order valence-corrected chi connectivity index (χ4v) is 2.22. The van der Waals surface area contributed by atoms with Gasteiger partial charge in [0.15, 0.2) is 0 Å². The Balaban J connectivity index is 2.33. The fourth-order valence-electron chi connectivity index (χ4n) is 2.22. The SMILES string of the molecule is CCC(O)(CC)c1ccccc1NC=C(C#N)c1nn[nH]n1. The average molecular weight is 298 g/mol. The molecule has 2 aromatic rings. The standard InChI is InChI=1S/C15H18N6O/c1-3-15(22,4-2)12-7-5-6-8-13(12)17-10-11(9-16)14-18-20-21-19-14/h5-8,10,17,22H,3-4H2,1-2H3,(H,18,19,20,21). The largest absolute Gasteiger partial charge is 0.385 e. The van der Waals surface area contributed by atoms with Crippen LogP contribution in [0.4, 0.5) is 5.69 Å². The second kappa shape index (κ2) is 6.83. The van der Waals surface area contributed by atoms with Crippen molar-refractivity contribution in [3.05, 3.63) is 41.9 Å². The molecule has 1 heterocycles. The third-order valence-electron chi connectivity index (χ3n) is 3.68. The minimum atomic E-state index is -0.906. The lowest BCUT2D eigenvalue weighted by Gasteiger charge is -2.28. The van der Waals surface area contributed by atoms with Crippen molar-refractivity contribution in [2.24, 2.45) is 0 Å². The van der Waals surface area contributed by atoms with E-state index in [9.17, 15) is 5.11 Å². The summed E-state index contributed by atoms with van der Waals surface area (Å²) < 4.78 is 0. The smallest absolute Gasteiger partial charge is 0.216 e. The third-order valence-corrected chi connectivity index (χ3v) is 3.68. The summed E-state index contributed by atoms with van der Waals surface area (Å²) in [5.74, 6) is 0.216. The van der Waals surface area contributed by atoms with Gasteiger partial charge in [0.25, 0.3) is 0 Å². The van der Waals surface area contributed by atoms with E-state index >= 15 is 0 Å². The maximum Gasteiger partial charge on any atom is 0.216 e. The lowest BCUT2D eigenvalue weighted by Crippen LogP contribution is -2.24. The molecule has 0 aliphatic rings. The Morgan fingerprint density at radius 2 is 2.14 bits per heavy atom. The number of H-pyrrole nitrogens is 1. The summed E-state index contributed by atoms with van der Waals surface area (Å²) in [5, 5.41) is 36.2. The first-order valence-electron chi connectivity index (χ1n) is 7.07. The zero-order valence-electron chi connectivity index (χ0n) is 12.5. The van der Waals surface area contributed by atoms with E-state index in [0.717, 1.165) is 11.3 Å². The number of hydrogen-bond donors (Lipinski definition) is 3. The lowest BCUT2D eigenvalue weighted by molar-refractivity contribution is 0.0291. The average Bonchev–Trinajstić information content (AvgIpc) is 3.09. The van der Waals surface area contributed by atoms with E-state index in [1.54, 1.807) is 0 Å². The first-order chi connectivity index (χ1) is 10.6. The number of aliphatic hydroxyl groups is 1. The minimum absolute atomic E-state index is 0.216. The van der Waals surface area contributed by atoms with Gasteiger partial charge in [0, 0.05) is 17.5 Å². The molecule has 0 atom stereocenters. The number of anilines is 1. The van der Waals surface area contributed by atoms with Gasteiger partial charge < -0.3 is 10.4 Å². The highest BCUT2D eigenvalue weighted by Gasteiger charge is 2.27. The molecule has 1 aromatic heterocycles. The Labute approximate surface area is 128 Å². The molecular formula is C15H18N6O. The van der Waals surface area contributed by atoms with Gasteiger partial charge in [-0.15, -0.1) is 10.2 Å². The molecule has 0 amide bonds. The van der Waals surface area contributed by atoms with Crippen molar-refractivity contribution in [3.8, 4) is 6.07 Å². The van der Waals surface area contributed by atoms with Crippen molar-refractivity contribution in [2.45, 2.75) is 32.3 Å². The molecule has 0 bridgehead atoms. The second-order valence-electron chi connectivity index (χ2n) is 4.83. The number of benzene rings is 1. The summed E-state index contributed by atoms with van der Waals surface area (Å²) >= 11 is 0. The number of allylic oxidation sites excluding steroid dienone is 1. The second-order valence-corrected chi connectivity index (χ2v) is 4.83.